The molecular formula is C114H161N3O16. The Morgan fingerprint density at radius 1 is 0.248 bits per heavy atom. The van der Waals surface area contributed by atoms with E-state index in [0.29, 0.717) is 71.0 Å². The van der Waals surface area contributed by atoms with Crippen LogP contribution in [0.2, 0.25) is 0 Å². The minimum absolute atomic E-state index is 0.451. The number of hydrogen-bond acceptors (Lipinski definition) is 19. The second-order valence-corrected chi connectivity index (χ2v) is 48.1. The number of rotatable bonds is 21. The molecule has 20 saturated carbocycles. The molecule has 8 spiro atoms. The van der Waals surface area contributed by atoms with Gasteiger partial charge in [0.2, 0.25) is 46.3 Å². The first kappa shape index (κ1) is 91.0. The maximum Gasteiger partial charge on any atom is 0.210 e. The van der Waals surface area contributed by atoms with Crippen molar-refractivity contribution in [2.75, 3.05) is 85.3 Å². The first-order chi connectivity index (χ1) is 65.3. The number of hydrogen-bond donors (Lipinski definition) is 0. The van der Waals surface area contributed by atoms with Gasteiger partial charge in [-0.15, -0.1) is 0 Å². The van der Waals surface area contributed by atoms with Crippen LogP contribution in [-0.4, -0.2) is 146 Å². The molecule has 20 aliphatic carbocycles. The first-order valence-electron chi connectivity index (χ1n) is 55.6. The molecule has 4 aromatic rings. The Morgan fingerprint density at radius 2 is 0.474 bits per heavy atom. The van der Waals surface area contributed by atoms with E-state index < -0.39 is 46.3 Å². The highest BCUT2D eigenvalue weighted by molar-refractivity contribution is 5.34. The molecule has 19 heteroatoms. The van der Waals surface area contributed by atoms with Crippen LogP contribution < -0.4 is 18.9 Å². The van der Waals surface area contributed by atoms with Gasteiger partial charge in [-0.3, -0.25) is 9.80 Å². The van der Waals surface area contributed by atoms with Gasteiger partial charge in [-0.1, -0.05) is 81.1 Å². The molecule has 728 valence electrons. The van der Waals surface area contributed by atoms with Crippen molar-refractivity contribution < 1.29 is 77.0 Å². The van der Waals surface area contributed by atoms with Crippen LogP contribution in [0.15, 0.2) is 97.1 Å². The third kappa shape index (κ3) is 18.7. The number of unbranched alkanes of at least 4 members (excludes halogenated alkanes) is 1. The van der Waals surface area contributed by atoms with Gasteiger partial charge in [0, 0.05) is 118 Å². The smallest absolute Gasteiger partial charge is 0.210 e. The van der Waals surface area contributed by atoms with Gasteiger partial charge in [-0.2, -0.15) is 39.1 Å². The largest absolute Gasteiger partial charge is 0.494 e. The molecule has 16 bridgehead atoms. The third-order valence-corrected chi connectivity index (χ3v) is 39.2. The van der Waals surface area contributed by atoms with E-state index in [1.54, 1.807) is 0 Å². The summed E-state index contributed by atoms with van der Waals surface area (Å²) in [5.41, 5.74) is 5.50. The Morgan fingerprint density at radius 3 is 0.714 bits per heavy atom. The molecule has 0 unspecified atom stereocenters. The molecule has 0 amide bonds. The number of nitrogens with zero attached hydrogens (tertiary/aromatic N) is 3. The topological polar surface area (TPSA) is 157 Å². The quantitative estimate of drug-likeness (QED) is 0.0572. The van der Waals surface area contributed by atoms with Gasteiger partial charge in [0.05, 0.1) is 13.2 Å². The van der Waals surface area contributed by atoms with Crippen molar-refractivity contribution >= 4 is 0 Å². The van der Waals surface area contributed by atoms with Crippen molar-refractivity contribution in [1.82, 2.24) is 14.7 Å². The Hall–Kier alpha value is -4.52. The molecule has 133 heavy (non-hydrogen) atoms. The number of piperidine rings is 3. The van der Waals surface area contributed by atoms with Crippen LogP contribution in [-0.2, 0) is 58.0 Å². The lowest BCUT2D eigenvalue weighted by Crippen LogP contribution is -2.59. The minimum atomic E-state index is -0.554. The maximum absolute atomic E-state index is 6.97. The zero-order chi connectivity index (χ0) is 88.7. The lowest BCUT2D eigenvalue weighted by Gasteiger charge is -2.57. The van der Waals surface area contributed by atoms with Crippen molar-refractivity contribution in [2.45, 2.75) is 385 Å². The monoisotopic (exact) mass is 1830 g/mol. The van der Waals surface area contributed by atoms with Crippen LogP contribution in [0, 0.1) is 94.7 Å². The van der Waals surface area contributed by atoms with Crippen LogP contribution >= 0.6 is 0 Å². The summed E-state index contributed by atoms with van der Waals surface area (Å²) in [6, 6.07) is 35.2. The number of benzene rings is 4. The lowest BCUT2D eigenvalue weighted by atomic mass is 9.53. The van der Waals surface area contributed by atoms with Crippen LogP contribution in [0.3, 0.4) is 0 Å². The fourth-order valence-corrected chi connectivity index (χ4v) is 33.3. The van der Waals surface area contributed by atoms with E-state index in [1.807, 2.05) is 0 Å². The molecule has 27 fully saturated rings. The van der Waals surface area contributed by atoms with E-state index in [1.165, 1.54) is 273 Å². The van der Waals surface area contributed by atoms with Gasteiger partial charge >= 0.3 is 0 Å². The summed E-state index contributed by atoms with van der Waals surface area (Å²) in [4.78, 5) is 57.4. The molecular weight excluding hydrogens is 1670 g/mol. The normalized spacial score (nSPS) is 43.6. The average molecular weight is 1830 g/mol. The van der Waals surface area contributed by atoms with Crippen LogP contribution in [0.25, 0.3) is 0 Å². The van der Waals surface area contributed by atoms with Gasteiger partial charge in [0.25, 0.3) is 0 Å². The maximum atomic E-state index is 6.97. The second kappa shape index (κ2) is 38.7. The molecule has 7 heterocycles. The Labute approximate surface area is 794 Å². The fourth-order valence-electron chi connectivity index (χ4n) is 33.3. The highest BCUT2D eigenvalue weighted by Crippen LogP contribution is 2.70. The van der Waals surface area contributed by atoms with Crippen molar-refractivity contribution in [1.29, 1.82) is 0 Å². The molecule has 31 rings (SSSR count). The average Bonchev–Trinajstić information content (AvgIpc) is 1.61. The molecule has 0 radical (unpaired) electrons. The molecule has 7 aliphatic heterocycles. The second-order valence-electron chi connectivity index (χ2n) is 48.1. The summed E-state index contributed by atoms with van der Waals surface area (Å²) in [5, 5.41) is 0. The van der Waals surface area contributed by atoms with E-state index in [9.17, 15) is 0 Å². The Bertz CT molecular complexity index is 4240. The van der Waals surface area contributed by atoms with Crippen molar-refractivity contribution in [3.05, 3.63) is 119 Å². The van der Waals surface area contributed by atoms with Crippen molar-refractivity contribution in [3.8, 4) is 23.0 Å². The third-order valence-electron chi connectivity index (χ3n) is 39.2. The van der Waals surface area contributed by atoms with Crippen molar-refractivity contribution in [3.63, 3.8) is 0 Å². The first-order valence-corrected chi connectivity index (χ1v) is 55.6. The predicted molar refractivity (Wildman–Crippen MR) is 506 cm³/mol. The van der Waals surface area contributed by atoms with E-state index in [4.69, 9.17) is 77.0 Å². The Kier molecular flexibility index (Phi) is 26.5. The summed E-state index contributed by atoms with van der Waals surface area (Å²) >= 11 is 0. The highest BCUT2D eigenvalue weighted by atomic mass is 17.3. The summed E-state index contributed by atoms with van der Waals surface area (Å²) in [6.45, 7) is 16.0. The zero-order valence-electron chi connectivity index (χ0n) is 80.8. The summed E-state index contributed by atoms with van der Waals surface area (Å²) in [5.74, 6) is 13.2. The lowest BCUT2D eigenvalue weighted by molar-refractivity contribution is -0.390. The van der Waals surface area contributed by atoms with Gasteiger partial charge in [-0.05, 0) is 412 Å². The number of ether oxygens (including phenoxy) is 8. The van der Waals surface area contributed by atoms with Crippen LogP contribution in [0.5, 0.6) is 23.0 Å². The van der Waals surface area contributed by atoms with E-state index in [-0.39, 0.29) is 0 Å². The molecule has 27 aliphatic rings. The summed E-state index contributed by atoms with van der Waals surface area (Å²) < 4.78 is 51.9. The van der Waals surface area contributed by atoms with Gasteiger partial charge < -0.3 is 42.8 Å². The van der Waals surface area contributed by atoms with Gasteiger partial charge in [-0.25, -0.2) is 0 Å². The van der Waals surface area contributed by atoms with Crippen LogP contribution in [0.1, 0.15) is 361 Å². The number of likely N-dealkylation sites (tertiary alicyclic amines) is 3. The summed E-state index contributed by atoms with van der Waals surface area (Å²) in [6.07, 6.45) is 58.4. The van der Waals surface area contributed by atoms with Gasteiger partial charge in [0.1, 0.15) is 36.2 Å². The Balaban J connectivity index is 0.0000000977. The molecule has 0 N–H and O–H groups in total. The molecule has 7 saturated heterocycles. The van der Waals surface area contributed by atoms with E-state index in [2.05, 4.69) is 119 Å². The van der Waals surface area contributed by atoms with E-state index >= 15 is 0 Å². The van der Waals surface area contributed by atoms with E-state index in [0.717, 1.165) is 213 Å². The highest BCUT2D eigenvalue weighted by Gasteiger charge is 2.72. The molecule has 8 atom stereocenters. The summed E-state index contributed by atoms with van der Waals surface area (Å²) in [7, 11) is 0. The molecule has 19 nitrogen and oxygen atoms in total. The van der Waals surface area contributed by atoms with Gasteiger partial charge in [0.15, 0.2) is 0 Å². The standard InChI is InChI=1S/C30H43NO4.2C29H41NO4.C26H36O4/c1-2-12-31(13-3-1)14-5-15-32-28-9-7-24(8-10-28)25-6-4-11-29(21-25)33-30(35-34-29)26-17-22-16-23(19-26)20-27(30)18-22;2*1-2-11-30(12-3-1)13-14-31-27-8-6-23(7-9-27)24-5-4-10-28(20-24)32-29(34-33-28)25-16-21-15-22(18-25)19-26(29)17-21;1-2-3-11-27-24-8-6-20(7-9-24)21-5-4-10-25(17-21)28-26(30-29-25)22-13-18-12-19(15-22)16-23(26)14-18/h7-10,22-23,25-27H,1-6,11-21H2;2*6-9,21-22,24-26H,1-5,10-20H2;6-9,18-19,21-23H,2-5,10-17H2,1H3/t22?,23?,25-,26?,27?,29-,30?;2*21?,22?,24-,25?,26?,28-,29?;18?,19?,21-,22?,23?,25-,26?/m1111/s1. The predicted octanol–water partition coefficient (Wildman–Crippen LogP) is 24.8. The zero-order valence-corrected chi connectivity index (χ0v) is 80.8. The fraction of sp³-hybridized carbons (Fsp3) is 0.789. The SMILES string of the molecule is CCCCOc1ccc([C@@H]2CCC[C@]3(C2)OOC2(O3)C3CC4CC(C3)CC2C4)cc1.c1cc([C@@H]2CCC[C@]3(C2)OOC2(O3)C3CC4CC(C3)CC2C4)ccc1OCCCN1CCCCC1.c1cc([C@@H]2CCC[C@]3(C2)OOC2(O3)C3CC4CC(C3)CC2C4)ccc1OCCN1CCCCC1.c1cc([C@@H]2CCC[C@]3(C2)OOC2(O3)C3CC4CC(C3)CC2C4)ccc1OCCN1CCCCC1. The minimum Gasteiger partial charge on any atom is -0.494 e. The van der Waals surface area contributed by atoms with Crippen molar-refractivity contribution in [2.24, 2.45) is 94.7 Å². The molecule has 0 aromatic heterocycles. The molecule has 4 aromatic carbocycles. The van der Waals surface area contributed by atoms with Crippen LogP contribution in [0.4, 0.5) is 0 Å².